The van der Waals surface area contributed by atoms with E-state index in [1.54, 1.807) is 0 Å². The Kier molecular flexibility index (Phi) is 4.22. The monoisotopic (exact) mass is 278 g/mol. The van der Waals surface area contributed by atoms with Crippen LogP contribution >= 0.6 is 0 Å². The molecular formula is C14H18N2O4. The van der Waals surface area contributed by atoms with Crippen LogP contribution in [0.5, 0.6) is 0 Å². The number of anilines is 1. The Morgan fingerprint density at radius 3 is 2.70 bits per heavy atom. The molecule has 1 fully saturated rings. The zero-order valence-corrected chi connectivity index (χ0v) is 11.3. The zero-order chi connectivity index (χ0) is 14.7. The fraction of sp³-hybridized carbons (Fsp3) is 0.500. The molecule has 1 saturated carbocycles. The summed E-state index contributed by atoms with van der Waals surface area (Å²) < 4.78 is 0. The molecule has 0 bridgehead atoms. The largest absolute Gasteiger partial charge is 0.478 e. The highest BCUT2D eigenvalue weighted by Crippen LogP contribution is 2.29. The van der Waals surface area contributed by atoms with Crippen LogP contribution in [0.1, 0.15) is 43.0 Å². The number of aromatic carboxylic acids is 1. The van der Waals surface area contributed by atoms with E-state index in [0.29, 0.717) is 11.6 Å². The van der Waals surface area contributed by atoms with Crippen molar-refractivity contribution in [1.29, 1.82) is 0 Å². The van der Waals surface area contributed by atoms with Crippen LogP contribution in [0, 0.1) is 16.0 Å². The van der Waals surface area contributed by atoms with Gasteiger partial charge in [0.15, 0.2) is 0 Å². The zero-order valence-electron chi connectivity index (χ0n) is 11.3. The van der Waals surface area contributed by atoms with Gasteiger partial charge in [0.2, 0.25) is 0 Å². The Morgan fingerprint density at radius 1 is 1.40 bits per heavy atom. The molecule has 0 saturated heterocycles. The highest BCUT2D eigenvalue weighted by Gasteiger charge is 2.23. The highest BCUT2D eigenvalue weighted by molar-refractivity contribution is 5.95. The summed E-state index contributed by atoms with van der Waals surface area (Å²) in [7, 11) is 0. The average Bonchev–Trinajstić information content (AvgIpc) is 2.41. The normalized spacial score (nSPS) is 22.2. The molecule has 108 valence electrons. The number of benzene rings is 1. The van der Waals surface area contributed by atoms with Gasteiger partial charge >= 0.3 is 5.97 Å². The van der Waals surface area contributed by atoms with Crippen molar-refractivity contribution in [3.05, 3.63) is 33.9 Å². The predicted molar refractivity (Wildman–Crippen MR) is 75.1 cm³/mol. The molecule has 0 heterocycles. The molecule has 6 heteroatoms. The molecule has 1 aromatic carbocycles. The van der Waals surface area contributed by atoms with Gasteiger partial charge in [-0.3, -0.25) is 10.1 Å². The van der Waals surface area contributed by atoms with E-state index < -0.39 is 10.9 Å². The van der Waals surface area contributed by atoms with Crippen molar-refractivity contribution in [2.45, 2.75) is 38.6 Å². The van der Waals surface area contributed by atoms with E-state index in [1.165, 1.54) is 18.6 Å². The first-order valence-corrected chi connectivity index (χ1v) is 6.77. The van der Waals surface area contributed by atoms with Crippen LogP contribution < -0.4 is 5.32 Å². The van der Waals surface area contributed by atoms with Crippen LogP contribution in [0.25, 0.3) is 0 Å². The van der Waals surface area contributed by atoms with Gasteiger partial charge in [0, 0.05) is 23.9 Å². The third-order valence-electron chi connectivity index (χ3n) is 3.90. The topological polar surface area (TPSA) is 92.5 Å². The van der Waals surface area contributed by atoms with Crippen LogP contribution in [0.2, 0.25) is 0 Å². The standard InChI is InChI=1S/C14H18N2O4/c1-9-4-2-3-5-12(9)15-13-7-6-10(16(19)20)8-11(13)14(17)18/h6-9,12,15H,2-5H2,1H3,(H,17,18)/t9-,12-/m0/s1. The van der Waals surface area contributed by atoms with E-state index in [1.807, 2.05) is 0 Å². The smallest absolute Gasteiger partial charge is 0.338 e. The fourth-order valence-electron chi connectivity index (χ4n) is 2.68. The van der Waals surface area contributed by atoms with E-state index in [-0.39, 0.29) is 17.3 Å². The van der Waals surface area contributed by atoms with Crippen molar-refractivity contribution in [1.82, 2.24) is 0 Å². The molecule has 6 nitrogen and oxygen atoms in total. The summed E-state index contributed by atoms with van der Waals surface area (Å²) in [5, 5.41) is 23.2. The lowest BCUT2D eigenvalue weighted by molar-refractivity contribution is -0.384. The summed E-state index contributed by atoms with van der Waals surface area (Å²) in [4.78, 5) is 21.4. The van der Waals surface area contributed by atoms with Gasteiger partial charge in [-0.2, -0.15) is 0 Å². The van der Waals surface area contributed by atoms with Crippen LogP contribution in [0.4, 0.5) is 11.4 Å². The highest BCUT2D eigenvalue weighted by atomic mass is 16.6. The van der Waals surface area contributed by atoms with Crippen LogP contribution in [0.15, 0.2) is 18.2 Å². The number of nitro benzene ring substituents is 1. The van der Waals surface area contributed by atoms with Gasteiger partial charge in [-0.1, -0.05) is 19.8 Å². The second-order valence-corrected chi connectivity index (χ2v) is 5.30. The molecule has 2 N–H and O–H groups in total. The Morgan fingerprint density at radius 2 is 2.10 bits per heavy atom. The number of carboxylic acids is 1. The minimum Gasteiger partial charge on any atom is -0.478 e. The average molecular weight is 278 g/mol. The van der Waals surface area contributed by atoms with E-state index in [0.717, 1.165) is 25.3 Å². The van der Waals surface area contributed by atoms with E-state index >= 15 is 0 Å². The number of rotatable bonds is 4. The molecule has 0 spiro atoms. The Hall–Kier alpha value is -2.11. The molecule has 0 radical (unpaired) electrons. The third-order valence-corrected chi connectivity index (χ3v) is 3.90. The molecule has 1 aromatic rings. The van der Waals surface area contributed by atoms with E-state index in [2.05, 4.69) is 12.2 Å². The number of carbonyl (C=O) groups is 1. The minimum atomic E-state index is -1.15. The predicted octanol–water partition coefficient (Wildman–Crippen LogP) is 3.28. The second-order valence-electron chi connectivity index (χ2n) is 5.30. The number of nitro groups is 1. The maximum atomic E-state index is 11.3. The van der Waals surface area contributed by atoms with Crippen molar-refractivity contribution in [3.8, 4) is 0 Å². The molecule has 0 aromatic heterocycles. The lowest BCUT2D eigenvalue weighted by atomic mass is 9.85. The summed E-state index contributed by atoms with van der Waals surface area (Å²) in [5.41, 5.74) is 0.212. The van der Waals surface area contributed by atoms with Crippen molar-refractivity contribution < 1.29 is 14.8 Å². The molecule has 0 amide bonds. The first-order valence-electron chi connectivity index (χ1n) is 6.77. The molecule has 2 atom stereocenters. The fourth-order valence-corrected chi connectivity index (χ4v) is 2.68. The van der Waals surface area contributed by atoms with Gasteiger partial charge in [-0.15, -0.1) is 0 Å². The van der Waals surface area contributed by atoms with Gasteiger partial charge < -0.3 is 10.4 Å². The van der Waals surface area contributed by atoms with Gasteiger partial charge in [-0.25, -0.2) is 4.79 Å². The third kappa shape index (κ3) is 3.07. The first kappa shape index (κ1) is 14.3. The Balaban J connectivity index is 2.26. The summed E-state index contributed by atoms with van der Waals surface area (Å²) in [6, 6.07) is 4.16. The molecule has 20 heavy (non-hydrogen) atoms. The van der Waals surface area contributed by atoms with Crippen LogP contribution in [0.3, 0.4) is 0 Å². The number of hydrogen-bond donors (Lipinski definition) is 2. The maximum absolute atomic E-state index is 11.3. The van der Waals surface area contributed by atoms with Gasteiger partial charge in [0.05, 0.1) is 10.5 Å². The minimum absolute atomic E-state index is 0.0445. The second kappa shape index (κ2) is 5.90. The van der Waals surface area contributed by atoms with Crippen molar-refractivity contribution in [2.24, 2.45) is 5.92 Å². The molecule has 2 rings (SSSR count). The molecule has 1 aliphatic rings. The van der Waals surface area contributed by atoms with Gasteiger partial charge in [-0.05, 0) is 24.8 Å². The number of hydrogen-bond acceptors (Lipinski definition) is 4. The Labute approximate surface area is 117 Å². The summed E-state index contributed by atoms with van der Waals surface area (Å²) in [5.74, 6) is -0.680. The molecular weight excluding hydrogens is 260 g/mol. The van der Waals surface area contributed by atoms with Crippen LogP contribution in [-0.2, 0) is 0 Å². The number of carboxylic acid groups (broad SMARTS) is 1. The van der Waals surface area contributed by atoms with Crippen molar-refractivity contribution in [3.63, 3.8) is 0 Å². The quantitative estimate of drug-likeness (QED) is 0.651. The van der Waals surface area contributed by atoms with Crippen molar-refractivity contribution in [2.75, 3.05) is 5.32 Å². The molecule has 0 unspecified atom stereocenters. The van der Waals surface area contributed by atoms with Gasteiger partial charge in [0.25, 0.3) is 5.69 Å². The van der Waals surface area contributed by atoms with Crippen molar-refractivity contribution >= 4 is 17.3 Å². The van der Waals surface area contributed by atoms with E-state index in [9.17, 15) is 20.0 Å². The summed E-state index contributed by atoms with van der Waals surface area (Å²) in [6.07, 6.45) is 4.44. The number of nitrogens with zero attached hydrogens (tertiary/aromatic N) is 1. The lowest BCUT2D eigenvalue weighted by Gasteiger charge is -2.30. The van der Waals surface area contributed by atoms with Crippen LogP contribution in [-0.4, -0.2) is 22.0 Å². The summed E-state index contributed by atoms with van der Waals surface area (Å²) in [6.45, 7) is 2.14. The van der Waals surface area contributed by atoms with Gasteiger partial charge in [0.1, 0.15) is 0 Å². The maximum Gasteiger partial charge on any atom is 0.338 e. The summed E-state index contributed by atoms with van der Waals surface area (Å²) >= 11 is 0. The molecule has 1 aliphatic carbocycles. The van der Waals surface area contributed by atoms with E-state index in [4.69, 9.17) is 0 Å². The lowest BCUT2D eigenvalue weighted by Crippen LogP contribution is -2.31. The first-order chi connectivity index (χ1) is 9.49. The Bertz CT molecular complexity index is 530. The molecule has 0 aliphatic heterocycles. The number of non-ortho nitro benzene ring substituents is 1. The number of nitrogens with one attached hydrogen (secondary N) is 1. The SMILES string of the molecule is C[C@H]1CCCC[C@@H]1Nc1ccc([N+](=O)[O-])cc1C(=O)O.